The standard InChI is InChI=1S/C22H25ClN4O4/c1-24-22(29)27-11-9-15-5-8-18(30-2)13-19(15)21(26-27)16-3-6-17(7-4-16)25-20(28)14-31-12-10-23/h3-8,13H,9-12,14H2,1-2H3,(H,24,29)(H,25,28). The Kier molecular flexibility index (Phi) is 7.86. The van der Waals surface area contributed by atoms with Crippen molar-refractivity contribution in [2.45, 2.75) is 6.42 Å². The Morgan fingerprint density at radius 3 is 2.65 bits per heavy atom. The van der Waals surface area contributed by atoms with Crippen LogP contribution in [0.3, 0.4) is 0 Å². The summed E-state index contributed by atoms with van der Waals surface area (Å²) >= 11 is 5.54. The van der Waals surface area contributed by atoms with Crippen LogP contribution in [0, 0.1) is 0 Å². The van der Waals surface area contributed by atoms with Crippen LogP contribution in [-0.4, -0.2) is 62.5 Å². The lowest BCUT2D eigenvalue weighted by molar-refractivity contribution is -0.120. The van der Waals surface area contributed by atoms with E-state index < -0.39 is 0 Å². The molecule has 9 heteroatoms. The normalized spacial score (nSPS) is 13.0. The number of benzene rings is 2. The van der Waals surface area contributed by atoms with Gasteiger partial charge in [-0.2, -0.15) is 5.10 Å². The number of hydrazone groups is 1. The fraction of sp³-hybridized carbons (Fsp3) is 0.318. The Bertz CT molecular complexity index is 962. The molecule has 0 unspecified atom stereocenters. The van der Waals surface area contributed by atoms with Gasteiger partial charge in [-0.15, -0.1) is 11.6 Å². The second-order valence-corrected chi connectivity index (χ2v) is 7.15. The van der Waals surface area contributed by atoms with Gasteiger partial charge in [-0.1, -0.05) is 18.2 Å². The number of nitrogens with zero attached hydrogens (tertiary/aromatic N) is 2. The predicted molar refractivity (Wildman–Crippen MR) is 120 cm³/mol. The Balaban J connectivity index is 1.89. The number of methoxy groups -OCH3 is 1. The number of hydrogen-bond acceptors (Lipinski definition) is 5. The minimum absolute atomic E-state index is 0.0601. The van der Waals surface area contributed by atoms with Crippen molar-refractivity contribution in [2.75, 3.05) is 45.1 Å². The molecule has 2 N–H and O–H groups in total. The lowest BCUT2D eigenvalue weighted by atomic mass is 9.96. The van der Waals surface area contributed by atoms with Gasteiger partial charge in [-0.25, -0.2) is 9.80 Å². The van der Waals surface area contributed by atoms with E-state index in [1.165, 1.54) is 5.01 Å². The number of nitrogens with one attached hydrogen (secondary N) is 2. The van der Waals surface area contributed by atoms with Crippen LogP contribution in [0.15, 0.2) is 47.6 Å². The summed E-state index contributed by atoms with van der Waals surface area (Å²) in [5, 5.41) is 11.5. The smallest absolute Gasteiger partial charge is 0.337 e. The van der Waals surface area contributed by atoms with E-state index in [1.54, 1.807) is 26.3 Å². The zero-order chi connectivity index (χ0) is 22.2. The molecule has 1 aliphatic heterocycles. The molecule has 0 spiro atoms. The number of anilines is 1. The van der Waals surface area contributed by atoms with Crippen molar-refractivity contribution in [3.63, 3.8) is 0 Å². The Labute approximate surface area is 186 Å². The fourth-order valence-electron chi connectivity index (χ4n) is 3.19. The molecule has 0 aliphatic carbocycles. The third-order valence-electron chi connectivity index (χ3n) is 4.73. The van der Waals surface area contributed by atoms with E-state index in [-0.39, 0.29) is 18.5 Å². The minimum atomic E-state index is -0.280. The maximum Gasteiger partial charge on any atom is 0.337 e. The van der Waals surface area contributed by atoms with Gasteiger partial charge in [0.05, 0.1) is 26.0 Å². The molecule has 1 aliphatic rings. The van der Waals surface area contributed by atoms with Crippen molar-refractivity contribution in [2.24, 2.45) is 5.10 Å². The number of carbonyl (C=O) groups excluding carboxylic acids is 2. The van der Waals surface area contributed by atoms with Crippen molar-refractivity contribution in [3.8, 4) is 5.75 Å². The number of fused-ring (bicyclic) bond motifs is 1. The van der Waals surface area contributed by atoms with E-state index in [4.69, 9.17) is 21.1 Å². The van der Waals surface area contributed by atoms with Gasteiger partial charge in [0.15, 0.2) is 0 Å². The summed E-state index contributed by atoms with van der Waals surface area (Å²) < 4.78 is 10.5. The highest BCUT2D eigenvalue weighted by atomic mass is 35.5. The number of ether oxygens (including phenoxy) is 2. The lowest BCUT2D eigenvalue weighted by Gasteiger charge is -2.16. The molecule has 2 aromatic rings. The van der Waals surface area contributed by atoms with Gasteiger partial charge in [0.25, 0.3) is 0 Å². The van der Waals surface area contributed by atoms with Crippen LogP contribution < -0.4 is 15.4 Å². The van der Waals surface area contributed by atoms with Gasteiger partial charge in [0.2, 0.25) is 5.91 Å². The summed E-state index contributed by atoms with van der Waals surface area (Å²) in [6, 6.07) is 12.8. The van der Waals surface area contributed by atoms with Crippen LogP contribution >= 0.6 is 11.6 Å². The average Bonchev–Trinajstić information content (AvgIpc) is 2.98. The van der Waals surface area contributed by atoms with Crippen LogP contribution in [-0.2, 0) is 16.0 Å². The second-order valence-electron chi connectivity index (χ2n) is 6.77. The van der Waals surface area contributed by atoms with Crippen LogP contribution in [0.2, 0.25) is 0 Å². The molecule has 0 radical (unpaired) electrons. The number of alkyl halides is 1. The molecular formula is C22H25ClN4O4. The summed E-state index contributed by atoms with van der Waals surface area (Å²) in [5.74, 6) is 0.787. The molecule has 0 saturated carbocycles. The molecule has 0 bridgehead atoms. The monoisotopic (exact) mass is 444 g/mol. The highest BCUT2D eigenvalue weighted by Gasteiger charge is 2.22. The van der Waals surface area contributed by atoms with Crippen LogP contribution in [0.4, 0.5) is 10.5 Å². The molecule has 31 heavy (non-hydrogen) atoms. The molecule has 8 nitrogen and oxygen atoms in total. The highest BCUT2D eigenvalue weighted by Crippen LogP contribution is 2.25. The molecular weight excluding hydrogens is 420 g/mol. The van der Waals surface area contributed by atoms with E-state index in [2.05, 4.69) is 15.7 Å². The summed E-state index contributed by atoms with van der Waals surface area (Å²) in [4.78, 5) is 24.2. The number of hydrogen-bond donors (Lipinski definition) is 2. The number of amides is 3. The van der Waals surface area contributed by atoms with E-state index in [0.29, 0.717) is 42.6 Å². The number of halogens is 1. The number of carbonyl (C=O) groups is 2. The first-order valence-corrected chi connectivity index (χ1v) is 10.4. The Hall–Kier alpha value is -3.10. The first-order valence-electron chi connectivity index (χ1n) is 9.85. The van der Waals surface area contributed by atoms with Crippen LogP contribution in [0.25, 0.3) is 0 Å². The topological polar surface area (TPSA) is 92.3 Å². The second kappa shape index (κ2) is 10.8. The summed E-state index contributed by atoms with van der Waals surface area (Å²) in [5.41, 5.74) is 4.06. The molecule has 164 valence electrons. The third-order valence-corrected chi connectivity index (χ3v) is 4.89. The van der Waals surface area contributed by atoms with Gasteiger partial charge >= 0.3 is 6.03 Å². The van der Waals surface area contributed by atoms with Crippen molar-refractivity contribution >= 4 is 34.9 Å². The molecule has 0 atom stereocenters. The van der Waals surface area contributed by atoms with Crippen LogP contribution in [0.1, 0.15) is 16.7 Å². The largest absolute Gasteiger partial charge is 0.497 e. The fourth-order valence-corrected chi connectivity index (χ4v) is 3.30. The van der Waals surface area contributed by atoms with E-state index in [1.807, 2.05) is 30.3 Å². The Morgan fingerprint density at radius 1 is 1.19 bits per heavy atom. The summed E-state index contributed by atoms with van der Waals surface area (Å²) in [6.45, 7) is 0.715. The molecule has 1 heterocycles. The predicted octanol–water partition coefficient (Wildman–Crippen LogP) is 2.84. The minimum Gasteiger partial charge on any atom is -0.497 e. The third kappa shape index (κ3) is 5.74. The summed E-state index contributed by atoms with van der Waals surface area (Å²) in [7, 11) is 3.19. The zero-order valence-electron chi connectivity index (χ0n) is 17.5. The van der Waals surface area contributed by atoms with Crippen molar-refractivity contribution in [1.82, 2.24) is 10.3 Å². The Morgan fingerprint density at radius 2 is 1.97 bits per heavy atom. The zero-order valence-corrected chi connectivity index (χ0v) is 18.2. The quantitative estimate of drug-likeness (QED) is 0.507. The molecule has 3 amide bonds. The summed E-state index contributed by atoms with van der Waals surface area (Å²) in [6.07, 6.45) is 0.663. The molecule has 3 rings (SSSR count). The van der Waals surface area contributed by atoms with Gasteiger partial charge in [0, 0.05) is 29.7 Å². The van der Waals surface area contributed by atoms with Gasteiger partial charge in [-0.05, 0) is 36.2 Å². The first-order chi connectivity index (χ1) is 15.0. The van der Waals surface area contributed by atoms with Crippen molar-refractivity contribution in [1.29, 1.82) is 0 Å². The van der Waals surface area contributed by atoms with E-state index >= 15 is 0 Å². The maximum atomic E-state index is 12.3. The SMILES string of the molecule is CNC(=O)N1CCc2ccc(OC)cc2C(c2ccc(NC(=O)COCCCl)cc2)=N1. The van der Waals surface area contributed by atoms with Crippen LogP contribution in [0.5, 0.6) is 5.75 Å². The van der Waals surface area contributed by atoms with E-state index in [0.717, 1.165) is 16.7 Å². The maximum absolute atomic E-state index is 12.3. The molecule has 0 aromatic heterocycles. The van der Waals surface area contributed by atoms with Gasteiger partial charge in [0.1, 0.15) is 12.4 Å². The molecule has 0 saturated heterocycles. The van der Waals surface area contributed by atoms with Crippen molar-refractivity contribution < 1.29 is 19.1 Å². The van der Waals surface area contributed by atoms with E-state index in [9.17, 15) is 9.59 Å². The number of urea groups is 1. The molecule has 0 fully saturated rings. The highest BCUT2D eigenvalue weighted by molar-refractivity contribution is 6.18. The average molecular weight is 445 g/mol. The number of rotatable bonds is 7. The van der Waals surface area contributed by atoms with Gasteiger partial charge < -0.3 is 20.1 Å². The van der Waals surface area contributed by atoms with Crippen molar-refractivity contribution in [3.05, 3.63) is 59.2 Å². The lowest BCUT2D eigenvalue weighted by Crippen LogP contribution is -2.35. The molecule has 2 aromatic carbocycles. The van der Waals surface area contributed by atoms with Gasteiger partial charge in [-0.3, -0.25) is 4.79 Å². The first kappa shape index (κ1) is 22.6.